The van der Waals surface area contributed by atoms with E-state index in [2.05, 4.69) is 9.97 Å². The van der Waals surface area contributed by atoms with Crippen LogP contribution in [0.5, 0.6) is 0 Å². The van der Waals surface area contributed by atoms with Gasteiger partial charge in [-0.2, -0.15) is 0 Å². The van der Waals surface area contributed by atoms with Gasteiger partial charge in [-0.15, -0.1) is 0 Å². The molecule has 1 heterocycles. The van der Waals surface area contributed by atoms with E-state index in [1.807, 2.05) is 0 Å². The van der Waals surface area contributed by atoms with Gasteiger partial charge in [-0.25, -0.2) is 4.98 Å². The van der Waals surface area contributed by atoms with Crippen LogP contribution in [0.4, 0.5) is 0 Å². The summed E-state index contributed by atoms with van der Waals surface area (Å²) in [6.45, 7) is 0. The highest BCUT2D eigenvalue weighted by atomic mass is 32.1. The van der Waals surface area contributed by atoms with E-state index in [1.165, 1.54) is 68.4 Å². The first-order valence-electron chi connectivity index (χ1n) is 6.96. The van der Waals surface area contributed by atoms with Crippen molar-refractivity contribution in [2.45, 2.75) is 63.7 Å². The fourth-order valence-electron chi connectivity index (χ4n) is 3.22. The molecular formula is C14H20N2S. The van der Waals surface area contributed by atoms with E-state index in [-0.39, 0.29) is 0 Å². The van der Waals surface area contributed by atoms with E-state index in [0.29, 0.717) is 5.92 Å². The minimum atomic E-state index is 0.630. The molecule has 92 valence electrons. The Labute approximate surface area is 108 Å². The van der Waals surface area contributed by atoms with Gasteiger partial charge >= 0.3 is 0 Å². The number of fused-ring (bicyclic) bond motifs is 1. The van der Waals surface area contributed by atoms with Crippen LogP contribution in [0.15, 0.2) is 0 Å². The van der Waals surface area contributed by atoms with Crippen LogP contribution in [0.3, 0.4) is 0 Å². The summed E-state index contributed by atoms with van der Waals surface area (Å²) in [7, 11) is 0. The third-order valence-electron chi connectivity index (χ3n) is 4.22. The molecule has 0 atom stereocenters. The third-order valence-corrected chi connectivity index (χ3v) is 4.56. The Hall–Kier alpha value is -0.700. The lowest BCUT2D eigenvalue weighted by Gasteiger charge is -2.14. The van der Waals surface area contributed by atoms with Crippen molar-refractivity contribution >= 4 is 12.2 Å². The van der Waals surface area contributed by atoms with Gasteiger partial charge in [-0.3, -0.25) is 0 Å². The van der Waals surface area contributed by atoms with Crippen molar-refractivity contribution in [2.24, 2.45) is 0 Å². The molecule has 0 radical (unpaired) electrons. The number of aromatic nitrogens is 2. The van der Waals surface area contributed by atoms with Crippen LogP contribution in [0.1, 0.15) is 67.9 Å². The average Bonchev–Trinajstić information content (AvgIpc) is 2.63. The summed E-state index contributed by atoms with van der Waals surface area (Å²) in [5, 5.41) is 0. The highest BCUT2D eigenvalue weighted by Gasteiger charge is 2.20. The molecule has 0 saturated heterocycles. The van der Waals surface area contributed by atoms with E-state index in [1.54, 1.807) is 0 Å². The quantitative estimate of drug-likeness (QED) is 0.599. The van der Waals surface area contributed by atoms with Crippen molar-refractivity contribution in [3.63, 3.8) is 0 Å². The molecule has 1 N–H and O–H groups in total. The maximum atomic E-state index is 5.44. The molecule has 17 heavy (non-hydrogen) atoms. The van der Waals surface area contributed by atoms with Gasteiger partial charge in [-0.05, 0) is 32.1 Å². The smallest absolute Gasteiger partial charge is 0.133 e. The molecule has 0 spiro atoms. The number of nitrogens with zero attached hydrogens (tertiary/aromatic N) is 1. The fourth-order valence-corrected chi connectivity index (χ4v) is 3.55. The van der Waals surface area contributed by atoms with Gasteiger partial charge in [0.25, 0.3) is 0 Å². The lowest BCUT2D eigenvalue weighted by atomic mass is 9.99. The van der Waals surface area contributed by atoms with Gasteiger partial charge in [-0.1, -0.05) is 37.9 Å². The Kier molecular flexibility index (Phi) is 3.28. The number of aromatic amines is 1. The molecule has 1 aromatic rings. The van der Waals surface area contributed by atoms with Gasteiger partial charge in [0.15, 0.2) is 0 Å². The second kappa shape index (κ2) is 4.89. The zero-order valence-electron chi connectivity index (χ0n) is 10.3. The second-order valence-electron chi connectivity index (χ2n) is 5.43. The molecule has 2 aliphatic carbocycles. The van der Waals surface area contributed by atoms with Gasteiger partial charge < -0.3 is 4.98 Å². The Morgan fingerprint density at radius 3 is 2.53 bits per heavy atom. The molecule has 1 fully saturated rings. The van der Waals surface area contributed by atoms with Gasteiger partial charge in [0.2, 0.25) is 0 Å². The van der Waals surface area contributed by atoms with E-state index >= 15 is 0 Å². The van der Waals surface area contributed by atoms with Crippen molar-refractivity contribution in [3.8, 4) is 0 Å². The number of hydrogen-bond acceptors (Lipinski definition) is 2. The fraction of sp³-hybridized carbons (Fsp3) is 0.714. The Morgan fingerprint density at radius 1 is 1.00 bits per heavy atom. The van der Waals surface area contributed by atoms with Crippen LogP contribution in [-0.2, 0) is 12.8 Å². The molecule has 2 aliphatic rings. The van der Waals surface area contributed by atoms with Crippen molar-refractivity contribution in [1.29, 1.82) is 0 Å². The number of hydrogen-bond donors (Lipinski definition) is 1. The van der Waals surface area contributed by atoms with Crippen molar-refractivity contribution in [3.05, 3.63) is 21.7 Å². The third kappa shape index (κ3) is 2.30. The topological polar surface area (TPSA) is 28.7 Å². The largest absolute Gasteiger partial charge is 0.347 e. The van der Waals surface area contributed by atoms with Crippen molar-refractivity contribution in [2.75, 3.05) is 0 Å². The molecule has 0 amide bonds. The zero-order chi connectivity index (χ0) is 11.7. The Morgan fingerprint density at radius 2 is 1.76 bits per heavy atom. The molecule has 0 aromatic carbocycles. The molecule has 1 aromatic heterocycles. The average molecular weight is 248 g/mol. The van der Waals surface area contributed by atoms with E-state index in [4.69, 9.17) is 12.2 Å². The molecule has 0 aliphatic heterocycles. The molecule has 3 heteroatoms. The first-order valence-corrected chi connectivity index (χ1v) is 7.37. The SMILES string of the molecule is S=c1nc(C2CCCCCC2)[nH]c2c1CCC2. The summed E-state index contributed by atoms with van der Waals surface area (Å²) in [6, 6.07) is 0. The second-order valence-corrected chi connectivity index (χ2v) is 5.81. The van der Waals surface area contributed by atoms with E-state index in [0.717, 1.165) is 11.1 Å². The number of nitrogens with one attached hydrogen (secondary N) is 1. The molecule has 2 nitrogen and oxygen atoms in total. The lowest BCUT2D eigenvalue weighted by Crippen LogP contribution is -2.07. The van der Waals surface area contributed by atoms with Crippen LogP contribution < -0.4 is 0 Å². The number of aryl methyl sites for hydroxylation is 1. The Balaban J connectivity index is 1.92. The summed E-state index contributed by atoms with van der Waals surface area (Å²) in [5.74, 6) is 1.81. The summed E-state index contributed by atoms with van der Waals surface area (Å²) in [4.78, 5) is 8.25. The standard InChI is InChI=1S/C14H20N2S/c17-14-11-8-5-9-12(11)15-13(16-14)10-6-3-1-2-4-7-10/h10H,1-9H2,(H,15,16,17). The number of rotatable bonds is 1. The number of H-pyrrole nitrogens is 1. The molecular weight excluding hydrogens is 228 g/mol. The van der Waals surface area contributed by atoms with Gasteiger partial charge in [0.1, 0.15) is 10.5 Å². The van der Waals surface area contributed by atoms with Gasteiger partial charge in [0.05, 0.1) is 0 Å². The van der Waals surface area contributed by atoms with E-state index in [9.17, 15) is 0 Å². The molecule has 1 saturated carbocycles. The highest BCUT2D eigenvalue weighted by Crippen LogP contribution is 2.31. The van der Waals surface area contributed by atoms with Crippen LogP contribution in [0.25, 0.3) is 0 Å². The molecule has 3 rings (SSSR count). The van der Waals surface area contributed by atoms with Crippen molar-refractivity contribution < 1.29 is 0 Å². The summed E-state index contributed by atoms with van der Waals surface area (Å²) >= 11 is 5.44. The van der Waals surface area contributed by atoms with Crippen LogP contribution in [0, 0.1) is 4.64 Å². The molecule has 0 unspecified atom stereocenters. The van der Waals surface area contributed by atoms with Crippen LogP contribution >= 0.6 is 12.2 Å². The maximum Gasteiger partial charge on any atom is 0.133 e. The first-order chi connectivity index (χ1) is 8.34. The maximum absolute atomic E-state index is 5.44. The monoisotopic (exact) mass is 248 g/mol. The summed E-state index contributed by atoms with van der Waals surface area (Å²) in [6.07, 6.45) is 11.6. The van der Waals surface area contributed by atoms with Crippen molar-refractivity contribution in [1.82, 2.24) is 9.97 Å². The minimum absolute atomic E-state index is 0.630. The minimum Gasteiger partial charge on any atom is -0.347 e. The zero-order valence-corrected chi connectivity index (χ0v) is 11.1. The van der Waals surface area contributed by atoms with Crippen LogP contribution in [0.2, 0.25) is 0 Å². The normalized spacial score (nSPS) is 21.2. The lowest BCUT2D eigenvalue weighted by molar-refractivity contribution is 0.557. The first kappa shape index (κ1) is 11.4. The van der Waals surface area contributed by atoms with E-state index < -0.39 is 0 Å². The summed E-state index contributed by atoms with van der Waals surface area (Å²) in [5.41, 5.74) is 2.70. The Bertz CT molecular complexity index is 456. The summed E-state index contributed by atoms with van der Waals surface area (Å²) < 4.78 is 0.871. The van der Waals surface area contributed by atoms with Gasteiger partial charge in [0, 0.05) is 17.2 Å². The van der Waals surface area contributed by atoms with Crippen LogP contribution in [-0.4, -0.2) is 9.97 Å². The predicted molar refractivity (Wildman–Crippen MR) is 71.9 cm³/mol. The highest BCUT2D eigenvalue weighted by molar-refractivity contribution is 7.71. The molecule has 0 bridgehead atoms. The predicted octanol–water partition coefficient (Wildman–Crippen LogP) is 4.07.